The molecule has 0 fully saturated rings. The fourth-order valence-electron chi connectivity index (χ4n) is 3.37. The lowest BCUT2D eigenvalue weighted by Crippen LogP contribution is -3.09. The van der Waals surface area contributed by atoms with E-state index in [2.05, 4.69) is 20.5 Å². The van der Waals surface area contributed by atoms with Crippen LogP contribution in [0.5, 0.6) is 0 Å². The maximum absolute atomic E-state index is 12.6. The van der Waals surface area contributed by atoms with Gasteiger partial charge in [0.05, 0.1) is 18.7 Å². The average Bonchev–Trinajstić information content (AvgIpc) is 3.13. The molecule has 2 aromatic heterocycles. The summed E-state index contributed by atoms with van der Waals surface area (Å²) in [6.45, 7) is 5.46. The lowest BCUT2D eigenvalue weighted by molar-refractivity contribution is -0.928. The molecule has 160 valence electrons. The summed E-state index contributed by atoms with van der Waals surface area (Å²) < 4.78 is 6.37. The maximum Gasteiger partial charge on any atom is 0.327 e. The highest BCUT2D eigenvalue weighted by atomic mass is 16.5. The van der Waals surface area contributed by atoms with Crippen LogP contribution in [-0.2, 0) is 29.2 Å². The van der Waals surface area contributed by atoms with Crippen molar-refractivity contribution in [3.8, 4) is 0 Å². The van der Waals surface area contributed by atoms with Crippen molar-refractivity contribution in [2.24, 2.45) is 0 Å². The molecule has 1 unspecified atom stereocenters. The third kappa shape index (κ3) is 5.49. The highest BCUT2D eigenvalue weighted by Crippen LogP contribution is 2.12. The molecule has 10 heteroatoms. The zero-order valence-electron chi connectivity index (χ0n) is 17.2. The molecular weight excluding hydrogens is 388 g/mol. The number of esters is 1. The number of aromatic amines is 1. The van der Waals surface area contributed by atoms with Crippen LogP contribution in [0, 0.1) is 6.92 Å². The number of nitrogens with one attached hydrogen (secondary N) is 2. The number of quaternary nitrogens is 1. The van der Waals surface area contributed by atoms with Crippen LogP contribution in [0.15, 0.2) is 29.1 Å². The molecule has 1 atom stereocenters. The zero-order valence-corrected chi connectivity index (χ0v) is 17.2. The summed E-state index contributed by atoms with van der Waals surface area (Å²) >= 11 is 0. The molecule has 3 N–H and O–H groups in total. The number of aliphatic hydroxyl groups excluding tert-OH is 1. The Kier molecular flexibility index (Phi) is 7.26. The Morgan fingerprint density at radius 2 is 2.13 bits per heavy atom. The number of carbonyl (C=O) groups excluding carboxylic acids is 1. The van der Waals surface area contributed by atoms with Gasteiger partial charge in [-0.2, -0.15) is 0 Å². The Labute approximate surface area is 173 Å². The number of hydrogen-bond acceptors (Lipinski definition) is 7. The van der Waals surface area contributed by atoms with E-state index in [4.69, 9.17) is 4.74 Å². The standard InChI is InChI=1S/C20H26N6O4/c1-3-30-19(28)13-26-18(22-23-24-26)12-25(7-4-8-27)11-16-10-15-9-14(2)5-6-17(15)21-20(16)29/h5-6,9-10,27H,3-4,7-8,11-13H2,1-2H3,(H,21,29)/p+1. The van der Waals surface area contributed by atoms with E-state index < -0.39 is 5.97 Å². The first-order valence-corrected chi connectivity index (χ1v) is 9.97. The van der Waals surface area contributed by atoms with E-state index in [1.54, 1.807) is 6.92 Å². The van der Waals surface area contributed by atoms with Crippen LogP contribution in [0.25, 0.3) is 10.9 Å². The Bertz CT molecular complexity index is 1060. The number of carbonyl (C=O) groups is 1. The van der Waals surface area contributed by atoms with Crippen molar-refractivity contribution < 1.29 is 19.5 Å². The van der Waals surface area contributed by atoms with Crippen molar-refractivity contribution in [2.75, 3.05) is 19.8 Å². The van der Waals surface area contributed by atoms with Crippen molar-refractivity contribution in [1.29, 1.82) is 0 Å². The number of pyridine rings is 1. The predicted octanol–water partition coefficient (Wildman–Crippen LogP) is -0.646. The van der Waals surface area contributed by atoms with Crippen molar-refractivity contribution in [2.45, 2.75) is 39.9 Å². The first-order chi connectivity index (χ1) is 14.5. The number of rotatable bonds is 10. The molecule has 0 aliphatic heterocycles. The molecular formula is C20H27N6O4+. The minimum Gasteiger partial charge on any atom is -0.465 e. The number of benzene rings is 1. The van der Waals surface area contributed by atoms with E-state index in [1.165, 1.54) is 4.68 Å². The van der Waals surface area contributed by atoms with Gasteiger partial charge in [-0.05, 0) is 47.9 Å². The van der Waals surface area contributed by atoms with Gasteiger partial charge in [0, 0.05) is 18.5 Å². The van der Waals surface area contributed by atoms with E-state index in [9.17, 15) is 14.7 Å². The second-order valence-corrected chi connectivity index (χ2v) is 7.20. The van der Waals surface area contributed by atoms with E-state index in [0.717, 1.165) is 21.4 Å². The molecule has 0 aliphatic rings. The van der Waals surface area contributed by atoms with Gasteiger partial charge in [0.15, 0.2) is 0 Å². The summed E-state index contributed by atoms with van der Waals surface area (Å²) in [4.78, 5) is 28.3. The summed E-state index contributed by atoms with van der Waals surface area (Å²) in [6.07, 6.45) is 0.569. The number of aromatic nitrogens is 5. The number of hydrogen-bond donors (Lipinski definition) is 3. The van der Waals surface area contributed by atoms with E-state index in [-0.39, 0.29) is 25.3 Å². The Balaban J connectivity index is 1.81. The number of aliphatic hydroxyl groups is 1. The molecule has 0 radical (unpaired) electrons. The number of H-pyrrole nitrogens is 1. The summed E-state index contributed by atoms with van der Waals surface area (Å²) in [5.41, 5.74) is 2.41. The van der Waals surface area contributed by atoms with Crippen molar-refractivity contribution in [3.05, 3.63) is 51.6 Å². The predicted molar refractivity (Wildman–Crippen MR) is 109 cm³/mol. The van der Waals surface area contributed by atoms with E-state index in [0.29, 0.717) is 37.4 Å². The SMILES string of the molecule is CCOC(=O)Cn1nnnc1C[NH+](CCCO)Cc1cc2cc(C)ccc2[nH]c1=O. The van der Waals surface area contributed by atoms with Crippen LogP contribution in [0.3, 0.4) is 0 Å². The third-order valence-corrected chi connectivity index (χ3v) is 4.80. The van der Waals surface area contributed by atoms with Gasteiger partial charge in [0.2, 0.25) is 5.82 Å². The fourth-order valence-corrected chi connectivity index (χ4v) is 3.37. The number of ether oxygens (including phenoxy) is 1. The van der Waals surface area contributed by atoms with Gasteiger partial charge >= 0.3 is 5.97 Å². The van der Waals surface area contributed by atoms with Crippen molar-refractivity contribution in [1.82, 2.24) is 25.2 Å². The number of aryl methyl sites for hydroxylation is 1. The summed E-state index contributed by atoms with van der Waals surface area (Å²) in [5, 5.41) is 21.8. The van der Waals surface area contributed by atoms with E-state index >= 15 is 0 Å². The van der Waals surface area contributed by atoms with Gasteiger partial charge in [-0.3, -0.25) is 9.59 Å². The molecule has 0 saturated heterocycles. The molecule has 0 amide bonds. The minimum atomic E-state index is -0.413. The number of nitrogens with zero attached hydrogens (tertiary/aromatic N) is 4. The Hall–Kier alpha value is -3.11. The van der Waals surface area contributed by atoms with Crippen molar-refractivity contribution >= 4 is 16.9 Å². The molecule has 0 aliphatic carbocycles. The first-order valence-electron chi connectivity index (χ1n) is 9.97. The van der Waals surface area contributed by atoms with E-state index in [1.807, 2.05) is 31.2 Å². The molecule has 3 aromatic rings. The van der Waals surface area contributed by atoms with Crippen LogP contribution in [0.2, 0.25) is 0 Å². The molecule has 10 nitrogen and oxygen atoms in total. The van der Waals surface area contributed by atoms with Crippen LogP contribution < -0.4 is 10.5 Å². The number of fused-ring (bicyclic) bond motifs is 1. The largest absolute Gasteiger partial charge is 0.465 e. The molecule has 0 spiro atoms. The third-order valence-electron chi connectivity index (χ3n) is 4.80. The van der Waals surface area contributed by atoms with Gasteiger partial charge in [-0.25, -0.2) is 4.68 Å². The molecule has 30 heavy (non-hydrogen) atoms. The minimum absolute atomic E-state index is 0.0462. The Morgan fingerprint density at radius 1 is 1.30 bits per heavy atom. The van der Waals surface area contributed by atoms with Gasteiger partial charge in [0.1, 0.15) is 19.6 Å². The fraction of sp³-hybridized carbons (Fsp3) is 0.450. The van der Waals surface area contributed by atoms with Gasteiger partial charge in [-0.1, -0.05) is 11.6 Å². The van der Waals surface area contributed by atoms with Crippen LogP contribution in [-0.4, -0.2) is 56.0 Å². The second kappa shape index (κ2) is 10.1. The second-order valence-electron chi connectivity index (χ2n) is 7.20. The lowest BCUT2D eigenvalue weighted by atomic mass is 10.1. The molecule has 0 bridgehead atoms. The van der Waals surface area contributed by atoms with Crippen LogP contribution >= 0.6 is 0 Å². The molecule has 3 rings (SSSR count). The maximum atomic E-state index is 12.6. The monoisotopic (exact) mass is 415 g/mol. The van der Waals surface area contributed by atoms with Gasteiger partial charge in [-0.15, -0.1) is 5.10 Å². The quantitative estimate of drug-likeness (QED) is 0.376. The van der Waals surface area contributed by atoms with Gasteiger partial charge < -0.3 is 19.7 Å². The zero-order chi connectivity index (χ0) is 21.5. The molecule has 2 heterocycles. The lowest BCUT2D eigenvalue weighted by Gasteiger charge is -2.18. The summed E-state index contributed by atoms with van der Waals surface area (Å²) in [7, 11) is 0. The van der Waals surface area contributed by atoms with Gasteiger partial charge in [0.25, 0.3) is 5.56 Å². The number of tetrazole rings is 1. The topological polar surface area (TPSA) is 127 Å². The average molecular weight is 415 g/mol. The van der Waals surface area contributed by atoms with Crippen molar-refractivity contribution in [3.63, 3.8) is 0 Å². The normalized spacial score (nSPS) is 12.2. The van der Waals surface area contributed by atoms with Crippen LogP contribution in [0.4, 0.5) is 0 Å². The van der Waals surface area contributed by atoms with Crippen LogP contribution in [0.1, 0.15) is 30.3 Å². The highest BCUT2D eigenvalue weighted by Gasteiger charge is 2.19. The summed E-state index contributed by atoms with van der Waals surface area (Å²) in [6, 6.07) is 7.79. The molecule has 0 saturated carbocycles. The summed E-state index contributed by atoms with van der Waals surface area (Å²) in [5.74, 6) is 0.105. The highest BCUT2D eigenvalue weighted by molar-refractivity contribution is 5.79. The first kappa shape index (κ1) is 21.6. The Morgan fingerprint density at radius 3 is 2.90 bits per heavy atom. The molecule has 1 aromatic carbocycles. The smallest absolute Gasteiger partial charge is 0.327 e.